The molecule has 0 aliphatic carbocycles. The van der Waals surface area contributed by atoms with Gasteiger partial charge >= 0.3 is 0 Å². The fourth-order valence-electron chi connectivity index (χ4n) is 1.45. The van der Waals surface area contributed by atoms with Crippen LogP contribution in [-0.4, -0.2) is 25.1 Å². The van der Waals surface area contributed by atoms with Crippen molar-refractivity contribution in [1.29, 1.82) is 0 Å². The lowest BCUT2D eigenvalue weighted by Crippen LogP contribution is -2.03. The number of thiol groups is 1. The van der Waals surface area contributed by atoms with Gasteiger partial charge in [0.15, 0.2) is 11.5 Å². The Labute approximate surface area is 95.4 Å². The molecule has 1 atom stereocenters. The van der Waals surface area contributed by atoms with Gasteiger partial charge < -0.3 is 14.6 Å². The van der Waals surface area contributed by atoms with Crippen molar-refractivity contribution in [2.75, 3.05) is 20.0 Å². The minimum atomic E-state index is -0.576. The molecule has 0 aliphatic heterocycles. The zero-order valence-corrected chi connectivity index (χ0v) is 10.0. The van der Waals surface area contributed by atoms with Gasteiger partial charge in [-0.15, -0.1) is 0 Å². The molecule has 0 aromatic heterocycles. The molecule has 1 N–H and O–H groups in total. The number of hydrogen-bond donors (Lipinski definition) is 2. The van der Waals surface area contributed by atoms with Crippen LogP contribution in [0.25, 0.3) is 0 Å². The zero-order chi connectivity index (χ0) is 11.4. The quantitative estimate of drug-likeness (QED) is 0.774. The molecule has 0 bridgehead atoms. The van der Waals surface area contributed by atoms with Gasteiger partial charge in [0.25, 0.3) is 0 Å². The van der Waals surface area contributed by atoms with Crippen molar-refractivity contribution in [3.05, 3.63) is 23.3 Å². The van der Waals surface area contributed by atoms with Crippen LogP contribution in [0.15, 0.2) is 12.1 Å². The van der Waals surface area contributed by atoms with Crippen LogP contribution >= 0.6 is 12.6 Å². The molecule has 1 unspecified atom stereocenters. The van der Waals surface area contributed by atoms with Gasteiger partial charge in [0.05, 0.1) is 20.3 Å². The van der Waals surface area contributed by atoms with Crippen LogP contribution in [0.3, 0.4) is 0 Å². The number of hydrogen-bond acceptors (Lipinski definition) is 4. The molecule has 0 aliphatic rings. The van der Waals surface area contributed by atoms with Crippen molar-refractivity contribution < 1.29 is 14.6 Å². The number of rotatable bonds is 4. The van der Waals surface area contributed by atoms with E-state index in [2.05, 4.69) is 12.6 Å². The van der Waals surface area contributed by atoms with E-state index in [0.717, 1.165) is 11.1 Å². The normalized spacial score (nSPS) is 12.3. The summed E-state index contributed by atoms with van der Waals surface area (Å²) in [5, 5.41) is 9.72. The molecule has 1 aromatic carbocycles. The standard InChI is InChI=1S/C11H16O3S/c1-7-4-10(13-2)11(14-3)5-8(7)9(12)6-15/h4-5,9,12,15H,6H2,1-3H3. The lowest BCUT2D eigenvalue weighted by Gasteiger charge is -2.15. The van der Waals surface area contributed by atoms with E-state index in [0.29, 0.717) is 17.3 Å². The Morgan fingerprint density at radius 3 is 2.27 bits per heavy atom. The Hall–Kier alpha value is -0.870. The summed E-state index contributed by atoms with van der Waals surface area (Å²) in [6.07, 6.45) is -0.576. The molecule has 4 heteroatoms. The highest BCUT2D eigenvalue weighted by Crippen LogP contribution is 2.33. The SMILES string of the molecule is COc1cc(C)c(C(O)CS)cc1OC. The summed E-state index contributed by atoms with van der Waals surface area (Å²) in [5.41, 5.74) is 1.79. The predicted octanol–water partition coefficient (Wildman–Crippen LogP) is 1.98. The predicted molar refractivity (Wildman–Crippen MR) is 63.1 cm³/mol. The number of aliphatic hydroxyl groups excluding tert-OH is 1. The van der Waals surface area contributed by atoms with E-state index in [4.69, 9.17) is 9.47 Å². The van der Waals surface area contributed by atoms with E-state index < -0.39 is 6.10 Å². The van der Waals surface area contributed by atoms with Crippen molar-refractivity contribution in [3.63, 3.8) is 0 Å². The van der Waals surface area contributed by atoms with Crippen molar-refractivity contribution in [2.24, 2.45) is 0 Å². The van der Waals surface area contributed by atoms with E-state index >= 15 is 0 Å². The molecule has 84 valence electrons. The lowest BCUT2D eigenvalue weighted by atomic mass is 10.0. The Morgan fingerprint density at radius 2 is 1.80 bits per heavy atom. The van der Waals surface area contributed by atoms with Gasteiger partial charge in [0.1, 0.15) is 0 Å². The molecular weight excluding hydrogens is 212 g/mol. The van der Waals surface area contributed by atoms with Crippen molar-refractivity contribution in [1.82, 2.24) is 0 Å². The topological polar surface area (TPSA) is 38.7 Å². The van der Waals surface area contributed by atoms with Crippen LogP contribution in [0.1, 0.15) is 17.2 Å². The smallest absolute Gasteiger partial charge is 0.161 e. The van der Waals surface area contributed by atoms with E-state index in [9.17, 15) is 5.11 Å². The van der Waals surface area contributed by atoms with Crippen molar-refractivity contribution in [3.8, 4) is 11.5 Å². The third-order valence-corrected chi connectivity index (χ3v) is 2.65. The number of benzene rings is 1. The summed E-state index contributed by atoms with van der Waals surface area (Å²) in [6.45, 7) is 1.92. The first kappa shape index (κ1) is 12.2. The molecule has 0 radical (unpaired) electrons. The summed E-state index contributed by atoms with van der Waals surface area (Å²) in [6, 6.07) is 3.63. The summed E-state index contributed by atoms with van der Waals surface area (Å²) >= 11 is 4.06. The fraction of sp³-hybridized carbons (Fsp3) is 0.455. The zero-order valence-electron chi connectivity index (χ0n) is 9.15. The van der Waals surface area contributed by atoms with Gasteiger partial charge in [0.2, 0.25) is 0 Å². The number of aryl methyl sites for hydroxylation is 1. The maximum atomic E-state index is 9.72. The molecule has 15 heavy (non-hydrogen) atoms. The average molecular weight is 228 g/mol. The second-order valence-corrected chi connectivity index (χ2v) is 3.63. The van der Waals surface area contributed by atoms with E-state index in [1.165, 1.54) is 0 Å². The number of aliphatic hydroxyl groups is 1. The highest BCUT2D eigenvalue weighted by Gasteiger charge is 2.13. The first-order chi connectivity index (χ1) is 7.13. The van der Waals surface area contributed by atoms with Crippen LogP contribution in [0.5, 0.6) is 11.5 Å². The van der Waals surface area contributed by atoms with Gasteiger partial charge in [-0.3, -0.25) is 0 Å². The average Bonchev–Trinajstić information content (AvgIpc) is 2.27. The number of methoxy groups -OCH3 is 2. The third kappa shape index (κ3) is 2.58. The van der Waals surface area contributed by atoms with Crippen LogP contribution in [-0.2, 0) is 0 Å². The molecule has 0 saturated carbocycles. The largest absolute Gasteiger partial charge is 0.493 e. The van der Waals surface area contributed by atoms with Gasteiger partial charge in [-0.1, -0.05) is 0 Å². The van der Waals surface area contributed by atoms with Crippen LogP contribution in [0, 0.1) is 6.92 Å². The molecule has 0 spiro atoms. The summed E-state index contributed by atoms with van der Waals surface area (Å²) in [7, 11) is 3.16. The molecule has 0 amide bonds. The minimum absolute atomic E-state index is 0.385. The molecule has 0 fully saturated rings. The Bertz CT molecular complexity index is 339. The molecule has 1 aromatic rings. The Morgan fingerprint density at radius 1 is 1.27 bits per heavy atom. The van der Waals surface area contributed by atoms with Crippen LogP contribution in [0.2, 0.25) is 0 Å². The van der Waals surface area contributed by atoms with Gasteiger partial charge in [-0.2, -0.15) is 12.6 Å². The van der Waals surface area contributed by atoms with Gasteiger partial charge in [-0.25, -0.2) is 0 Å². The van der Waals surface area contributed by atoms with Crippen molar-refractivity contribution >= 4 is 12.6 Å². The number of ether oxygens (including phenoxy) is 2. The van der Waals surface area contributed by atoms with E-state index in [-0.39, 0.29) is 0 Å². The van der Waals surface area contributed by atoms with E-state index in [1.54, 1.807) is 20.3 Å². The highest BCUT2D eigenvalue weighted by atomic mass is 32.1. The maximum absolute atomic E-state index is 9.72. The second kappa shape index (κ2) is 5.28. The van der Waals surface area contributed by atoms with Gasteiger partial charge in [-0.05, 0) is 30.2 Å². The van der Waals surface area contributed by atoms with Crippen LogP contribution < -0.4 is 9.47 Å². The Balaban J connectivity index is 3.19. The second-order valence-electron chi connectivity index (χ2n) is 3.26. The molecule has 0 heterocycles. The lowest BCUT2D eigenvalue weighted by molar-refractivity contribution is 0.203. The van der Waals surface area contributed by atoms with Crippen molar-refractivity contribution in [2.45, 2.75) is 13.0 Å². The van der Waals surface area contributed by atoms with Gasteiger partial charge in [0, 0.05) is 5.75 Å². The fourth-order valence-corrected chi connectivity index (χ4v) is 1.65. The highest BCUT2D eigenvalue weighted by molar-refractivity contribution is 7.80. The first-order valence-electron chi connectivity index (χ1n) is 4.65. The maximum Gasteiger partial charge on any atom is 0.161 e. The van der Waals surface area contributed by atoms with Crippen LogP contribution in [0.4, 0.5) is 0 Å². The summed E-state index contributed by atoms with van der Waals surface area (Å²) in [4.78, 5) is 0. The molecule has 1 rings (SSSR count). The molecular formula is C11H16O3S. The van der Waals surface area contributed by atoms with E-state index in [1.807, 2.05) is 13.0 Å². The summed E-state index contributed by atoms with van der Waals surface area (Å²) < 4.78 is 10.3. The summed E-state index contributed by atoms with van der Waals surface area (Å²) in [5.74, 6) is 1.68. The third-order valence-electron chi connectivity index (χ3n) is 2.30. The molecule has 0 saturated heterocycles. The Kier molecular flexibility index (Phi) is 4.29. The monoisotopic (exact) mass is 228 g/mol. The first-order valence-corrected chi connectivity index (χ1v) is 5.28. The molecule has 3 nitrogen and oxygen atoms in total. The minimum Gasteiger partial charge on any atom is -0.493 e.